The number of amides is 1. The fourth-order valence-corrected chi connectivity index (χ4v) is 4.57. The van der Waals surface area contributed by atoms with Gasteiger partial charge in [-0.2, -0.15) is 0 Å². The first-order valence-electron chi connectivity index (χ1n) is 11.2. The molecule has 11 heteroatoms. The zero-order valence-electron chi connectivity index (χ0n) is 18.7. The Hall–Kier alpha value is -3.11. The van der Waals surface area contributed by atoms with E-state index in [4.69, 9.17) is 27.9 Å². The number of nitrogens with zero attached hydrogens (tertiary/aromatic N) is 4. The number of halogens is 2. The van der Waals surface area contributed by atoms with Gasteiger partial charge in [-0.05, 0) is 29.8 Å². The summed E-state index contributed by atoms with van der Waals surface area (Å²) in [5.74, 6) is -1.08. The van der Waals surface area contributed by atoms with E-state index in [0.29, 0.717) is 46.7 Å². The Labute approximate surface area is 210 Å². The Bertz CT molecular complexity index is 1480. The molecule has 0 atom stereocenters. The summed E-state index contributed by atoms with van der Waals surface area (Å²) in [4.78, 5) is 32.8. The number of ether oxygens (including phenoxy) is 1. The highest BCUT2D eigenvalue weighted by Crippen LogP contribution is 2.23. The van der Waals surface area contributed by atoms with Crippen molar-refractivity contribution in [2.24, 2.45) is 0 Å². The summed E-state index contributed by atoms with van der Waals surface area (Å²) in [6.45, 7) is 4.42. The number of carbonyl (C=O) groups is 1. The SMILES string of the molecule is O=C(NCc1ccc(Cl)c(Cl)c1)c1nc2n(CCN3CCOCC3)c3ccccc3n2c(=O)c1O. The van der Waals surface area contributed by atoms with E-state index in [9.17, 15) is 14.7 Å². The van der Waals surface area contributed by atoms with Crippen LogP contribution >= 0.6 is 23.2 Å². The molecule has 1 fully saturated rings. The average molecular weight is 516 g/mol. The molecule has 2 N–H and O–H groups in total. The summed E-state index contributed by atoms with van der Waals surface area (Å²) in [5.41, 5.74) is 1.09. The summed E-state index contributed by atoms with van der Waals surface area (Å²) in [6, 6.07) is 12.4. The number of hydrogen-bond acceptors (Lipinski definition) is 6. The first-order valence-corrected chi connectivity index (χ1v) is 11.9. The Morgan fingerprint density at radius 2 is 1.80 bits per heavy atom. The number of para-hydroxylation sites is 2. The van der Waals surface area contributed by atoms with Gasteiger partial charge in [0.15, 0.2) is 5.69 Å². The summed E-state index contributed by atoms with van der Waals surface area (Å²) < 4.78 is 8.67. The van der Waals surface area contributed by atoms with Gasteiger partial charge < -0.3 is 19.7 Å². The standard InChI is InChI=1S/C24H23Cl2N5O4/c25-16-6-5-15(13-17(16)26)14-27-22(33)20-21(32)23(34)31-19-4-2-1-3-18(19)30(24(31)28-20)8-7-29-9-11-35-12-10-29/h1-6,13,32H,7-12,14H2,(H,27,33). The Morgan fingerprint density at radius 3 is 2.54 bits per heavy atom. The Balaban J connectivity index is 1.50. The molecule has 9 nitrogen and oxygen atoms in total. The molecule has 5 rings (SSSR count). The van der Waals surface area contributed by atoms with Gasteiger partial charge in [-0.1, -0.05) is 41.4 Å². The van der Waals surface area contributed by atoms with Gasteiger partial charge in [0.25, 0.3) is 5.91 Å². The topological polar surface area (TPSA) is 101 Å². The quantitative estimate of drug-likeness (QED) is 0.409. The lowest BCUT2D eigenvalue weighted by Crippen LogP contribution is -2.38. The highest BCUT2D eigenvalue weighted by Gasteiger charge is 2.23. The van der Waals surface area contributed by atoms with Crippen molar-refractivity contribution in [2.75, 3.05) is 32.8 Å². The first kappa shape index (κ1) is 23.6. The maximum absolute atomic E-state index is 13.2. The number of hydrogen-bond donors (Lipinski definition) is 2. The Kier molecular flexibility index (Phi) is 6.66. The molecule has 3 heterocycles. The maximum Gasteiger partial charge on any atom is 0.302 e. The van der Waals surface area contributed by atoms with Crippen molar-refractivity contribution in [3.63, 3.8) is 0 Å². The lowest BCUT2D eigenvalue weighted by atomic mass is 10.2. The molecule has 4 aromatic rings. The van der Waals surface area contributed by atoms with Gasteiger partial charge in [0.2, 0.25) is 11.5 Å². The molecule has 0 radical (unpaired) electrons. The normalized spacial score (nSPS) is 14.6. The van der Waals surface area contributed by atoms with Gasteiger partial charge in [-0.3, -0.25) is 14.5 Å². The van der Waals surface area contributed by atoms with Gasteiger partial charge >= 0.3 is 5.56 Å². The number of morpholine rings is 1. The first-order chi connectivity index (χ1) is 16.9. The van der Waals surface area contributed by atoms with E-state index in [1.165, 1.54) is 4.40 Å². The lowest BCUT2D eigenvalue weighted by Gasteiger charge is -2.26. The van der Waals surface area contributed by atoms with Crippen LogP contribution in [0.5, 0.6) is 5.75 Å². The number of fused-ring (bicyclic) bond motifs is 3. The van der Waals surface area contributed by atoms with Crippen molar-refractivity contribution in [1.29, 1.82) is 0 Å². The van der Waals surface area contributed by atoms with Gasteiger partial charge in [0, 0.05) is 32.7 Å². The fraction of sp³-hybridized carbons (Fsp3) is 0.292. The van der Waals surface area contributed by atoms with Crippen LogP contribution in [0.15, 0.2) is 47.3 Å². The van der Waals surface area contributed by atoms with Crippen LogP contribution in [0.25, 0.3) is 16.8 Å². The number of aromatic hydroxyl groups is 1. The van der Waals surface area contributed by atoms with Gasteiger partial charge in [-0.15, -0.1) is 0 Å². The molecular formula is C24H23Cl2N5O4. The lowest BCUT2D eigenvalue weighted by molar-refractivity contribution is 0.0366. The molecule has 0 bridgehead atoms. The van der Waals surface area contributed by atoms with Crippen LogP contribution in [0.4, 0.5) is 0 Å². The molecule has 0 aliphatic carbocycles. The van der Waals surface area contributed by atoms with Crippen molar-refractivity contribution in [1.82, 2.24) is 24.2 Å². The third kappa shape index (κ3) is 4.60. The maximum atomic E-state index is 13.2. The van der Waals surface area contributed by atoms with E-state index in [2.05, 4.69) is 15.2 Å². The largest absolute Gasteiger partial charge is 0.501 e. The second kappa shape index (κ2) is 9.87. The van der Waals surface area contributed by atoms with E-state index in [1.807, 2.05) is 22.8 Å². The molecule has 182 valence electrons. The molecular weight excluding hydrogens is 493 g/mol. The van der Waals surface area contributed by atoms with E-state index in [0.717, 1.165) is 25.2 Å². The number of imidazole rings is 1. The summed E-state index contributed by atoms with van der Waals surface area (Å²) in [7, 11) is 0. The number of aromatic nitrogens is 3. The van der Waals surface area contributed by atoms with Crippen molar-refractivity contribution in [3.05, 3.63) is 74.1 Å². The Morgan fingerprint density at radius 1 is 1.06 bits per heavy atom. The van der Waals surface area contributed by atoms with Crippen LogP contribution in [0.2, 0.25) is 10.0 Å². The second-order valence-corrected chi connectivity index (χ2v) is 9.09. The number of nitrogens with one attached hydrogen (secondary N) is 1. The van der Waals surface area contributed by atoms with Crippen molar-refractivity contribution < 1.29 is 14.6 Å². The third-order valence-corrected chi connectivity index (χ3v) is 6.83. The summed E-state index contributed by atoms with van der Waals surface area (Å²) >= 11 is 12.0. The highest BCUT2D eigenvalue weighted by molar-refractivity contribution is 6.42. The van der Waals surface area contributed by atoms with Crippen molar-refractivity contribution >= 4 is 45.9 Å². The van der Waals surface area contributed by atoms with Gasteiger partial charge in [0.1, 0.15) is 0 Å². The molecule has 0 spiro atoms. The van der Waals surface area contributed by atoms with Crippen LogP contribution in [0.1, 0.15) is 16.1 Å². The van der Waals surface area contributed by atoms with Crippen LogP contribution in [-0.4, -0.2) is 62.7 Å². The van der Waals surface area contributed by atoms with E-state index < -0.39 is 17.2 Å². The summed E-state index contributed by atoms with van der Waals surface area (Å²) in [6.07, 6.45) is 0. The van der Waals surface area contributed by atoms with Crippen LogP contribution in [0.3, 0.4) is 0 Å². The smallest absolute Gasteiger partial charge is 0.302 e. The molecule has 2 aromatic heterocycles. The third-order valence-electron chi connectivity index (χ3n) is 6.09. The number of rotatable bonds is 6. The fourth-order valence-electron chi connectivity index (χ4n) is 4.25. The molecule has 1 aliphatic rings. The highest BCUT2D eigenvalue weighted by atomic mass is 35.5. The molecule has 0 unspecified atom stereocenters. The number of carbonyl (C=O) groups excluding carboxylic acids is 1. The average Bonchev–Trinajstić information content (AvgIpc) is 3.19. The molecule has 1 aliphatic heterocycles. The summed E-state index contributed by atoms with van der Waals surface area (Å²) in [5, 5.41) is 14.1. The molecule has 0 saturated carbocycles. The predicted molar refractivity (Wildman–Crippen MR) is 134 cm³/mol. The van der Waals surface area contributed by atoms with E-state index >= 15 is 0 Å². The van der Waals surface area contributed by atoms with E-state index in [-0.39, 0.29) is 12.2 Å². The number of benzene rings is 2. The van der Waals surface area contributed by atoms with Gasteiger partial charge in [-0.25, -0.2) is 9.38 Å². The zero-order chi connectivity index (χ0) is 24.5. The van der Waals surface area contributed by atoms with E-state index in [1.54, 1.807) is 24.3 Å². The van der Waals surface area contributed by atoms with Crippen LogP contribution in [-0.2, 0) is 17.8 Å². The minimum absolute atomic E-state index is 0.121. The minimum Gasteiger partial charge on any atom is -0.501 e. The second-order valence-electron chi connectivity index (χ2n) is 8.28. The predicted octanol–water partition coefficient (Wildman–Crippen LogP) is 2.92. The minimum atomic E-state index is -0.703. The zero-order valence-corrected chi connectivity index (χ0v) is 20.2. The molecule has 35 heavy (non-hydrogen) atoms. The van der Waals surface area contributed by atoms with Gasteiger partial charge in [0.05, 0.1) is 34.3 Å². The van der Waals surface area contributed by atoms with Crippen LogP contribution < -0.4 is 10.9 Å². The van der Waals surface area contributed by atoms with Crippen molar-refractivity contribution in [3.8, 4) is 5.75 Å². The molecule has 2 aromatic carbocycles. The monoisotopic (exact) mass is 515 g/mol. The van der Waals surface area contributed by atoms with Crippen molar-refractivity contribution in [2.45, 2.75) is 13.1 Å². The molecule has 1 saturated heterocycles. The van der Waals surface area contributed by atoms with Crippen LogP contribution in [0, 0.1) is 0 Å². The molecule has 1 amide bonds.